The van der Waals surface area contributed by atoms with Crippen molar-refractivity contribution in [1.82, 2.24) is 29.8 Å². The molecule has 3 aliphatic carbocycles. The summed E-state index contributed by atoms with van der Waals surface area (Å²) in [7, 11) is 15.6. The quantitative estimate of drug-likeness (QED) is 0.0391. The van der Waals surface area contributed by atoms with Crippen LogP contribution in [0.3, 0.4) is 0 Å². The molecule has 3 aromatic rings. The summed E-state index contributed by atoms with van der Waals surface area (Å²) in [6, 6.07) is 27.3. The van der Waals surface area contributed by atoms with Crippen molar-refractivity contribution in [3.63, 3.8) is 0 Å². The van der Waals surface area contributed by atoms with Crippen molar-refractivity contribution in [2.24, 2.45) is 53.3 Å². The molecule has 0 unspecified atom stereocenters. The molecule has 4 N–H and O–H groups in total. The first-order valence-corrected chi connectivity index (χ1v) is 43.6. The minimum atomic E-state index is -1.06. The molecule has 9 rings (SSSR count). The van der Waals surface area contributed by atoms with Gasteiger partial charge in [0.25, 0.3) is 0 Å². The summed E-state index contributed by atoms with van der Waals surface area (Å²) in [5.74, 6) is 4.12. The summed E-state index contributed by atoms with van der Waals surface area (Å²) in [6.45, 7) is 8.98. The largest absolute Gasteiger partial charge is 0.385 e. The molecule has 3 saturated carbocycles. The molecular formula is C92H149BrN8O9. The predicted molar refractivity (Wildman–Crippen MR) is 449 cm³/mol. The number of halogens is 1. The topological polar surface area (TPSA) is 215 Å². The molecule has 0 radical (unpaired) electrons. The Bertz CT molecular complexity index is 3180. The van der Waals surface area contributed by atoms with Crippen LogP contribution in [-0.2, 0) is 45.4 Å². The third-order valence-corrected chi connectivity index (χ3v) is 25.9. The molecule has 0 spiro atoms. The van der Waals surface area contributed by atoms with Gasteiger partial charge < -0.3 is 59.3 Å². The van der Waals surface area contributed by atoms with Gasteiger partial charge in [0.2, 0.25) is 17.7 Å². The fraction of sp³-hybridized carbons (Fsp3) is 0.750. The summed E-state index contributed by atoms with van der Waals surface area (Å²) in [5, 5.41) is 58.6. The van der Waals surface area contributed by atoms with Crippen LogP contribution in [0.1, 0.15) is 266 Å². The minimum absolute atomic E-state index is 0. The highest BCUT2D eigenvalue weighted by Crippen LogP contribution is 2.45. The van der Waals surface area contributed by atoms with Gasteiger partial charge in [-0.3, -0.25) is 14.4 Å². The van der Waals surface area contributed by atoms with E-state index >= 15 is 0 Å². The molecule has 0 aromatic heterocycles. The Labute approximate surface area is 675 Å². The maximum absolute atomic E-state index is 13.6. The van der Waals surface area contributed by atoms with E-state index in [2.05, 4.69) is 76.3 Å². The first-order chi connectivity index (χ1) is 52.7. The SMILES string of the molecule is C.CNC[C@@H](CC(=O)N1CCC[C@@H]([C@@](O)(CCCCOC)c2cccc(C#N)c2)C1)CC1CCCCC1.COCCCC[C@@](O)(c1cccc(Br)c1)[C@@H]1CCCN(C(=O)C[C@@H](CC2CCCCC2)CN(C)C)C1.COCCCC[C@@](O)(c1cccc(C#N)c1)[C@@H]1CCCN(C(=O)C[C@@H](CC2CCCCC2)CN(C)C)C1. The lowest BCUT2D eigenvalue weighted by molar-refractivity contribution is -0.139. The van der Waals surface area contributed by atoms with Gasteiger partial charge in [0.05, 0.1) is 40.1 Å². The zero-order valence-corrected chi connectivity index (χ0v) is 70.5. The van der Waals surface area contributed by atoms with Crippen LogP contribution >= 0.6 is 15.9 Å². The monoisotopic (exact) mass is 1590 g/mol. The smallest absolute Gasteiger partial charge is 0.222 e. The second-order valence-electron chi connectivity index (χ2n) is 34.6. The number of unbranched alkanes of at least 4 members (excludes halogenated alkanes) is 3. The van der Waals surface area contributed by atoms with E-state index in [1.165, 1.54) is 103 Å². The average Bonchev–Trinajstić information content (AvgIpc) is 0.795. The third kappa shape index (κ3) is 30.7. The van der Waals surface area contributed by atoms with Crippen LogP contribution in [0.2, 0.25) is 0 Å². The standard InChI is InChI=1S/C31H49N3O3.C30H49BrN2O3.C30H47N3O3.CH4/c1-33(2)23-27(19-25-11-5-4-6-12-25)21-30(35)34-17-10-15-29(24-34)31(36,16-7-8-18-37-3)28-14-9-13-26(20-28)22-32;1-32(2)22-25(19-24-11-5-4-6-12-24)20-29(34)33-17-10-14-27(23-33)30(35,16-7-8-18-36-3)26-13-9-15-28(31)21-26;1-32-22-26(18-24-10-4-3-5-11-24)20-29(34)33-16-9-14-28(23-33)30(35,15-6-7-17-36-2)27-13-8-12-25(19-27)21-31;/h9,13-14,20,25,27,29,36H,4-8,10-12,15-19,21,23-24H2,1-3H3;9,13,15,21,24-25,27,35H,4-8,10-12,14,16-20,22-23H2,1-3H3;8,12-13,19,24,26,28,32,35H,3-7,9-11,14-18,20,22-23H2,1-2H3;1H4/t27-,29-,31-;25-,27-,30-;26-,28-,30-;/m111./s1. The molecule has 6 fully saturated rings. The van der Waals surface area contributed by atoms with Gasteiger partial charge in [-0.25, -0.2) is 0 Å². The second kappa shape index (κ2) is 50.5. The third-order valence-electron chi connectivity index (χ3n) is 25.4. The number of piperidine rings is 3. The van der Waals surface area contributed by atoms with Crippen molar-refractivity contribution in [3.8, 4) is 12.1 Å². The molecule has 3 amide bonds. The Balaban J connectivity index is 0.000000256. The Morgan fingerprint density at radius 1 is 0.482 bits per heavy atom. The van der Waals surface area contributed by atoms with Crippen molar-refractivity contribution >= 4 is 33.7 Å². The highest BCUT2D eigenvalue weighted by molar-refractivity contribution is 9.10. The van der Waals surface area contributed by atoms with E-state index in [4.69, 9.17) is 14.2 Å². The summed E-state index contributed by atoms with van der Waals surface area (Å²) in [4.78, 5) is 51.2. The number of benzene rings is 3. The zero-order valence-electron chi connectivity index (χ0n) is 68.9. The Kier molecular flexibility index (Phi) is 43.2. The van der Waals surface area contributed by atoms with E-state index in [9.17, 15) is 40.2 Å². The minimum Gasteiger partial charge on any atom is -0.385 e. The molecule has 17 nitrogen and oxygen atoms in total. The van der Waals surface area contributed by atoms with E-state index in [1.807, 2.05) is 77.5 Å². The van der Waals surface area contributed by atoms with Gasteiger partial charge in [-0.1, -0.05) is 156 Å². The number of methoxy groups -OCH3 is 3. The van der Waals surface area contributed by atoms with Gasteiger partial charge in [0, 0.05) is 135 Å². The van der Waals surface area contributed by atoms with Crippen LogP contribution in [0.25, 0.3) is 0 Å². The van der Waals surface area contributed by atoms with Gasteiger partial charge in [-0.15, -0.1) is 0 Å². The summed E-state index contributed by atoms with van der Waals surface area (Å²) >= 11 is 3.59. The van der Waals surface area contributed by atoms with E-state index in [0.29, 0.717) is 107 Å². The summed E-state index contributed by atoms with van der Waals surface area (Å²) < 4.78 is 16.7. The van der Waals surface area contributed by atoms with Crippen LogP contribution in [0, 0.1) is 75.9 Å². The molecule has 618 valence electrons. The maximum atomic E-state index is 13.6. The highest BCUT2D eigenvalue weighted by atomic mass is 79.9. The van der Waals surface area contributed by atoms with Crippen LogP contribution in [-0.4, -0.2) is 193 Å². The number of hydrogen-bond donors (Lipinski definition) is 4. The Hall–Kier alpha value is -4.83. The van der Waals surface area contributed by atoms with Crippen molar-refractivity contribution in [2.75, 3.05) is 135 Å². The lowest BCUT2D eigenvalue weighted by atomic mass is 9.73. The summed E-state index contributed by atoms with van der Waals surface area (Å²) in [6.07, 6.45) is 37.8. The second-order valence-corrected chi connectivity index (χ2v) is 35.5. The molecule has 18 heteroatoms. The normalized spacial score (nSPS) is 21.4. The number of carbonyl (C=O) groups is 3. The number of hydrogen-bond acceptors (Lipinski definition) is 14. The fourth-order valence-corrected chi connectivity index (χ4v) is 20.1. The van der Waals surface area contributed by atoms with Crippen LogP contribution < -0.4 is 5.32 Å². The highest BCUT2D eigenvalue weighted by Gasteiger charge is 2.45. The van der Waals surface area contributed by atoms with E-state index < -0.39 is 16.8 Å². The number of likely N-dealkylation sites (tertiary alicyclic amines) is 3. The zero-order chi connectivity index (χ0) is 78.4. The van der Waals surface area contributed by atoms with Crippen molar-refractivity contribution in [1.29, 1.82) is 10.5 Å². The lowest BCUT2D eigenvalue weighted by Crippen LogP contribution is -2.48. The number of amides is 3. The molecule has 3 aliphatic heterocycles. The van der Waals surface area contributed by atoms with E-state index in [1.54, 1.807) is 33.5 Å². The van der Waals surface area contributed by atoms with Gasteiger partial charge in [0.1, 0.15) is 0 Å². The van der Waals surface area contributed by atoms with Crippen LogP contribution in [0.4, 0.5) is 0 Å². The van der Waals surface area contributed by atoms with Gasteiger partial charge >= 0.3 is 0 Å². The summed E-state index contributed by atoms with van der Waals surface area (Å²) in [5.41, 5.74) is 0.597. The fourth-order valence-electron chi connectivity index (χ4n) is 19.7. The first kappa shape index (κ1) is 94.0. The Morgan fingerprint density at radius 3 is 1.11 bits per heavy atom. The molecule has 110 heavy (non-hydrogen) atoms. The molecule has 3 saturated heterocycles. The maximum Gasteiger partial charge on any atom is 0.222 e. The molecule has 0 bridgehead atoms. The predicted octanol–water partition coefficient (Wildman–Crippen LogP) is 17.2. The number of nitrogens with zero attached hydrogens (tertiary/aromatic N) is 7. The molecule has 6 aliphatic rings. The molecule has 9 atom stereocenters. The van der Waals surface area contributed by atoms with Crippen molar-refractivity contribution < 1.29 is 43.9 Å². The van der Waals surface area contributed by atoms with Gasteiger partial charge in [-0.2, -0.15) is 10.5 Å². The number of carbonyl (C=O) groups excluding carboxylic acids is 3. The molecule has 3 aromatic carbocycles. The molecular weight excluding hydrogens is 1440 g/mol. The van der Waals surface area contributed by atoms with E-state index in [0.717, 1.165) is 168 Å². The average molecular weight is 1590 g/mol. The number of rotatable bonds is 39. The number of nitrogens with one attached hydrogen (secondary N) is 1. The molecule has 3 heterocycles. The van der Waals surface area contributed by atoms with E-state index in [-0.39, 0.29) is 42.9 Å². The number of aliphatic hydroxyl groups is 3. The van der Waals surface area contributed by atoms with Crippen LogP contribution in [0.5, 0.6) is 0 Å². The number of ether oxygens (including phenoxy) is 3. The van der Waals surface area contributed by atoms with Crippen LogP contribution in [0.15, 0.2) is 77.3 Å². The number of nitriles is 2. The Morgan fingerprint density at radius 2 is 0.800 bits per heavy atom. The van der Waals surface area contributed by atoms with Gasteiger partial charge in [-0.05, 0) is 246 Å². The lowest BCUT2D eigenvalue weighted by Gasteiger charge is -2.43. The van der Waals surface area contributed by atoms with Gasteiger partial charge in [0.15, 0.2) is 0 Å². The first-order valence-electron chi connectivity index (χ1n) is 42.9. The van der Waals surface area contributed by atoms with Crippen molar-refractivity contribution in [2.45, 2.75) is 255 Å². The van der Waals surface area contributed by atoms with Crippen molar-refractivity contribution in [3.05, 3.63) is 105 Å².